The number of para-hydroxylation sites is 1. The van der Waals surface area contributed by atoms with Gasteiger partial charge in [0.25, 0.3) is 5.89 Å². The lowest BCUT2D eigenvalue weighted by Gasteiger charge is -2.00. The molecule has 0 unspecified atom stereocenters. The number of hydrogen-bond acceptors (Lipinski definition) is 5. The molecule has 0 radical (unpaired) electrons. The molecule has 0 saturated carbocycles. The Morgan fingerprint density at radius 3 is 2.80 bits per heavy atom. The number of aryl methyl sites for hydroxylation is 1. The Kier molecular flexibility index (Phi) is 2.29. The van der Waals surface area contributed by atoms with Gasteiger partial charge in [-0.3, -0.25) is 0 Å². The number of rotatable bonds is 2. The summed E-state index contributed by atoms with van der Waals surface area (Å²) < 4.78 is 4.95. The molecule has 5 nitrogen and oxygen atoms in total. The van der Waals surface area contributed by atoms with Crippen molar-refractivity contribution < 1.29 is 14.7 Å². The van der Waals surface area contributed by atoms with E-state index in [1.807, 2.05) is 6.92 Å². The van der Waals surface area contributed by atoms with E-state index in [0.29, 0.717) is 17.8 Å². The van der Waals surface area contributed by atoms with Crippen LogP contribution < -0.4 is 0 Å². The van der Waals surface area contributed by atoms with Gasteiger partial charge in [0.05, 0.1) is 5.56 Å². The maximum atomic E-state index is 9.56. The molecule has 15 heavy (non-hydrogen) atoms. The van der Waals surface area contributed by atoms with Crippen molar-refractivity contribution in [1.82, 2.24) is 10.1 Å². The number of hydrogen-bond donors (Lipinski definition) is 2. The molecule has 0 atom stereocenters. The maximum Gasteiger partial charge on any atom is 0.261 e. The van der Waals surface area contributed by atoms with Crippen molar-refractivity contribution in [2.75, 3.05) is 0 Å². The highest BCUT2D eigenvalue weighted by Crippen LogP contribution is 2.34. The van der Waals surface area contributed by atoms with Gasteiger partial charge in [-0.1, -0.05) is 18.1 Å². The number of nitrogens with zero attached hydrogens (tertiary/aromatic N) is 2. The number of phenols is 2. The molecule has 1 aromatic heterocycles. The normalized spacial score (nSPS) is 10.5. The third kappa shape index (κ3) is 1.63. The Balaban J connectivity index is 2.49. The minimum Gasteiger partial charge on any atom is -0.504 e. The minimum absolute atomic E-state index is 0.205. The second-order valence-electron chi connectivity index (χ2n) is 3.04. The predicted molar refractivity (Wildman–Crippen MR) is 52.4 cm³/mol. The lowest BCUT2D eigenvalue weighted by Crippen LogP contribution is -1.83. The van der Waals surface area contributed by atoms with Crippen LogP contribution in [-0.4, -0.2) is 20.4 Å². The van der Waals surface area contributed by atoms with Gasteiger partial charge in [-0.05, 0) is 12.1 Å². The van der Waals surface area contributed by atoms with E-state index in [2.05, 4.69) is 10.1 Å². The maximum absolute atomic E-state index is 9.56. The molecule has 78 valence electrons. The summed E-state index contributed by atoms with van der Waals surface area (Å²) in [5.41, 5.74) is 0.335. The first-order chi connectivity index (χ1) is 7.22. The van der Waals surface area contributed by atoms with E-state index < -0.39 is 0 Å². The van der Waals surface area contributed by atoms with Crippen LogP contribution in [0.2, 0.25) is 0 Å². The fourth-order valence-corrected chi connectivity index (χ4v) is 1.21. The number of phenolic OH excluding ortho intramolecular Hbond substituents is 2. The molecule has 5 heteroatoms. The second-order valence-corrected chi connectivity index (χ2v) is 3.04. The van der Waals surface area contributed by atoms with Gasteiger partial charge in [-0.2, -0.15) is 4.98 Å². The lowest BCUT2D eigenvalue weighted by molar-refractivity contribution is 0.396. The van der Waals surface area contributed by atoms with Gasteiger partial charge in [0.1, 0.15) is 0 Å². The molecule has 2 N–H and O–H groups in total. The molecule has 0 aliphatic heterocycles. The Hall–Kier alpha value is -2.04. The van der Waals surface area contributed by atoms with E-state index in [4.69, 9.17) is 4.52 Å². The summed E-state index contributed by atoms with van der Waals surface area (Å²) in [6.07, 6.45) is 0.656. The van der Waals surface area contributed by atoms with E-state index in [1.165, 1.54) is 6.07 Å². The molecule has 2 aromatic rings. The summed E-state index contributed by atoms with van der Waals surface area (Å²) >= 11 is 0. The highest BCUT2D eigenvalue weighted by Gasteiger charge is 2.14. The second kappa shape index (κ2) is 3.61. The SMILES string of the molecule is CCc1noc(-c2cccc(O)c2O)n1. The van der Waals surface area contributed by atoms with Crippen molar-refractivity contribution in [1.29, 1.82) is 0 Å². The molecule has 0 aliphatic rings. The van der Waals surface area contributed by atoms with Gasteiger partial charge in [-0.25, -0.2) is 0 Å². The molecular formula is C10H10N2O3. The first-order valence-electron chi connectivity index (χ1n) is 4.56. The van der Waals surface area contributed by atoms with Crippen LogP contribution in [0.15, 0.2) is 22.7 Å². The van der Waals surface area contributed by atoms with E-state index in [9.17, 15) is 10.2 Å². The van der Waals surface area contributed by atoms with Gasteiger partial charge < -0.3 is 14.7 Å². The van der Waals surface area contributed by atoms with Gasteiger partial charge in [0.15, 0.2) is 17.3 Å². The predicted octanol–water partition coefficient (Wildman–Crippen LogP) is 1.71. The average molecular weight is 206 g/mol. The first kappa shape index (κ1) is 9.51. The van der Waals surface area contributed by atoms with Crippen molar-refractivity contribution >= 4 is 0 Å². The average Bonchev–Trinajstić information content (AvgIpc) is 2.70. The van der Waals surface area contributed by atoms with E-state index in [0.717, 1.165) is 0 Å². The van der Waals surface area contributed by atoms with Crippen LogP contribution in [-0.2, 0) is 6.42 Å². The highest BCUT2D eigenvalue weighted by atomic mass is 16.5. The third-order valence-corrected chi connectivity index (χ3v) is 2.03. The van der Waals surface area contributed by atoms with Crippen LogP contribution in [0.4, 0.5) is 0 Å². The van der Waals surface area contributed by atoms with Crippen LogP contribution in [0.5, 0.6) is 11.5 Å². The highest BCUT2D eigenvalue weighted by molar-refractivity contribution is 5.66. The Morgan fingerprint density at radius 2 is 2.13 bits per heavy atom. The summed E-state index contributed by atoms with van der Waals surface area (Å²) in [6, 6.07) is 4.58. The molecule has 0 amide bonds. The van der Waals surface area contributed by atoms with E-state index >= 15 is 0 Å². The Bertz CT molecular complexity index is 479. The van der Waals surface area contributed by atoms with E-state index in [-0.39, 0.29) is 17.4 Å². The fraction of sp³-hybridized carbons (Fsp3) is 0.200. The van der Waals surface area contributed by atoms with Crippen LogP contribution in [0, 0.1) is 0 Å². The van der Waals surface area contributed by atoms with Crippen LogP contribution in [0.3, 0.4) is 0 Å². The molecule has 1 heterocycles. The zero-order chi connectivity index (χ0) is 10.8. The molecule has 0 fully saturated rings. The van der Waals surface area contributed by atoms with Crippen molar-refractivity contribution in [3.63, 3.8) is 0 Å². The number of benzene rings is 1. The summed E-state index contributed by atoms with van der Waals surface area (Å²) in [4.78, 5) is 4.05. The molecular weight excluding hydrogens is 196 g/mol. The van der Waals surface area contributed by atoms with Crippen LogP contribution in [0.1, 0.15) is 12.7 Å². The zero-order valence-electron chi connectivity index (χ0n) is 8.14. The first-order valence-corrected chi connectivity index (χ1v) is 4.56. The van der Waals surface area contributed by atoms with Crippen molar-refractivity contribution in [2.45, 2.75) is 13.3 Å². The summed E-state index contributed by atoms with van der Waals surface area (Å²) in [5, 5.41) is 22.5. The Labute approximate surface area is 86.0 Å². The van der Waals surface area contributed by atoms with Gasteiger partial charge in [0, 0.05) is 6.42 Å². The van der Waals surface area contributed by atoms with Gasteiger partial charge >= 0.3 is 0 Å². The van der Waals surface area contributed by atoms with Crippen LogP contribution >= 0.6 is 0 Å². The standard InChI is InChI=1S/C10H10N2O3/c1-2-8-11-10(15-12-8)6-4-3-5-7(13)9(6)14/h3-5,13-14H,2H2,1H3. The van der Waals surface area contributed by atoms with Gasteiger partial charge in [-0.15, -0.1) is 0 Å². The molecule has 0 bridgehead atoms. The van der Waals surface area contributed by atoms with Crippen molar-refractivity contribution in [2.24, 2.45) is 0 Å². The third-order valence-electron chi connectivity index (χ3n) is 2.03. The van der Waals surface area contributed by atoms with Gasteiger partial charge in [0.2, 0.25) is 0 Å². The van der Waals surface area contributed by atoms with Crippen molar-refractivity contribution in [3.8, 4) is 23.0 Å². The Morgan fingerprint density at radius 1 is 1.33 bits per heavy atom. The molecule has 0 aliphatic carbocycles. The summed E-state index contributed by atoms with van der Waals surface area (Å²) in [5.74, 6) is 0.320. The number of aromatic nitrogens is 2. The lowest BCUT2D eigenvalue weighted by atomic mass is 10.2. The molecule has 0 spiro atoms. The largest absolute Gasteiger partial charge is 0.504 e. The smallest absolute Gasteiger partial charge is 0.261 e. The monoisotopic (exact) mass is 206 g/mol. The topological polar surface area (TPSA) is 79.4 Å². The summed E-state index contributed by atoms with van der Waals surface area (Å²) in [7, 11) is 0. The zero-order valence-corrected chi connectivity index (χ0v) is 8.14. The molecule has 0 saturated heterocycles. The van der Waals surface area contributed by atoms with E-state index in [1.54, 1.807) is 12.1 Å². The quantitative estimate of drug-likeness (QED) is 0.731. The fourth-order valence-electron chi connectivity index (χ4n) is 1.21. The summed E-state index contributed by atoms with van der Waals surface area (Å²) in [6.45, 7) is 1.90. The number of aromatic hydroxyl groups is 2. The molecule has 2 rings (SSSR count). The van der Waals surface area contributed by atoms with Crippen LogP contribution in [0.25, 0.3) is 11.5 Å². The minimum atomic E-state index is -0.246. The molecule has 1 aromatic carbocycles. The van der Waals surface area contributed by atoms with Crippen molar-refractivity contribution in [3.05, 3.63) is 24.0 Å².